The Morgan fingerprint density at radius 3 is 2.00 bits per heavy atom. The van der Waals surface area contributed by atoms with Crippen LogP contribution in [0.2, 0.25) is 0 Å². The van der Waals surface area contributed by atoms with E-state index < -0.39 is 0 Å². The number of ether oxygens (including phenoxy) is 1. The van der Waals surface area contributed by atoms with Gasteiger partial charge in [-0.2, -0.15) is 0 Å². The van der Waals surface area contributed by atoms with Gasteiger partial charge in [0.05, 0.1) is 13.5 Å². The minimum absolute atomic E-state index is 0.0681. The minimum atomic E-state index is -0.0681. The van der Waals surface area contributed by atoms with Gasteiger partial charge in [0, 0.05) is 12.1 Å². The molecular weight excluding hydrogens is 346 g/mol. The van der Waals surface area contributed by atoms with Crippen molar-refractivity contribution in [3.63, 3.8) is 0 Å². The molecule has 3 nitrogen and oxygen atoms in total. The highest BCUT2D eigenvalue weighted by molar-refractivity contribution is 5.69. The van der Waals surface area contributed by atoms with Gasteiger partial charge in [-0.15, -0.1) is 0 Å². The lowest BCUT2D eigenvalue weighted by atomic mass is 9.75. The first-order chi connectivity index (χ1) is 13.7. The second-order valence-electron chi connectivity index (χ2n) is 8.62. The van der Waals surface area contributed by atoms with E-state index in [4.69, 9.17) is 4.74 Å². The molecule has 0 aromatic heterocycles. The lowest BCUT2D eigenvalue weighted by Gasteiger charge is -2.43. The van der Waals surface area contributed by atoms with Crippen molar-refractivity contribution in [3.05, 3.63) is 71.8 Å². The average Bonchev–Trinajstić information content (AvgIpc) is 2.93. The van der Waals surface area contributed by atoms with Crippen LogP contribution in [0.1, 0.15) is 30.4 Å². The zero-order valence-electron chi connectivity index (χ0n) is 17.0. The highest BCUT2D eigenvalue weighted by Crippen LogP contribution is 2.47. The van der Waals surface area contributed by atoms with Gasteiger partial charge in [-0.05, 0) is 61.6 Å². The summed E-state index contributed by atoms with van der Waals surface area (Å²) < 4.78 is 5.06. The molecule has 5 atom stereocenters. The molecule has 2 unspecified atom stereocenters. The van der Waals surface area contributed by atoms with Crippen LogP contribution in [0.25, 0.3) is 0 Å². The summed E-state index contributed by atoms with van der Waals surface area (Å²) in [7, 11) is 3.78. The molecule has 2 saturated heterocycles. The van der Waals surface area contributed by atoms with E-state index in [2.05, 4.69) is 72.6 Å². The molecule has 3 heteroatoms. The number of hydrogen-bond donors (Lipinski definition) is 0. The molecule has 0 N–H and O–H groups in total. The Morgan fingerprint density at radius 2 is 1.43 bits per heavy atom. The number of esters is 1. The topological polar surface area (TPSA) is 29.5 Å². The molecule has 0 aliphatic carbocycles. The third-order valence-corrected chi connectivity index (χ3v) is 7.09. The Morgan fingerprint density at radius 1 is 0.893 bits per heavy atom. The van der Waals surface area contributed by atoms with E-state index in [1.165, 1.54) is 31.1 Å². The Hall–Kier alpha value is -2.13. The first-order valence-corrected chi connectivity index (χ1v) is 10.5. The number of piperidine rings is 1. The fraction of sp³-hybridized carbons (Fsp3) is 0.480. The van der Waals surface area contributed by atoms with Gasteiger partial charge in [0.2, 0.25) is 0 Å². The SMILES string of the molecule is COC(=O)C[C@@H]1C2C[C@H](Cc3ccccc3)C(C[C@@H]1Cc1ccccc1)N2C. The van der Waals surface area contributed by atoms with Crippen LogP contribution in [0.4, 0.5) is 0 Å². The molecule has 2 aliphatic heterocycles. The summed E-state index contributed by atoms with van der Waals surface area (Å²) in [5.74, 6) is 1.50. The van der Waals surface area contributed by atoms with Gasteiger partial charge in [-0.25, -0.2) is 0 Å². The molecule has 4 rings (SSSR count). The molecule has 2 heterocycles. The Kier molecular flexibility index (Phi) is 5.82. The van der Waals surface area contributed by atoms with Gasteiger partial charge in [-0.1, -0.05) is 60.7 Å². The normalized spacial score (nSPS) is 29.6. The maximum atomic E-state index is 12.2. The summed E-state index contributed by atoms with van der Waals surface area (Å²) in [6.07, 6.45) is 5.08. The number of carbonyl (C=O) groups is 1. The molecule has 0 saturated carbocycles. The predicted octanol–water partition coefficient (Wildman–Crippen LogP) is 4.36. The summed E-state index contributed by atoms with van der Waals surface area (Å²) in [5.41, 5.74) is 2.81. The monoisotopic (exact) mass is 377 g/mol. The number of benzene rings is 2. The van der Waals surface area contributed by atoms with Crippen LogP contribution >= 0.6 is 0 Å². The van der Waals surface area contributed by atoms with E-state index >= 15 is 0 Å². The van der Waals surface area contributed by atoms with Crippen LogP contribution in [0.15, 0.2) is 60.7 Å². The van der Waals surface area contributed by atoms with Gasteiger partial charge in [-0.3, -0.25) is 9.69 Å². The van der Waals surface area contributed by atoms with Crippen LogP contribution in [0, 0.1) is 17.8 Å². The molecule has 148 valence electrons. The van der Waals surface area contributed by atoms with E-state index in [0.29, 0.717) is 36.3 Å². The van der Waals surface area contributed by atoms with Crippen LogP contribution in [0.5, 0.6) is 0 Å². The number of methoxy groups -OCH3 is 1. The Labute approximate surface area is 168 Å². The number of nitrogens with zero attached hydrogens (tertiary/aromatic N) is 1. The van der Waals surface area contributed by atoms with E-state index in [1.54, 1.807) is 0 Å². The number of fused-ring (bicyclic) bond motifs is 2. The van der Waals surface area contributed by atoms with Crippen molar-refractivity contribution in [3.8, 4) is 0 Å². The van der Waals surface area contributed by atoms with E-state index in [-0.39, 0.29) is 5.97 Å². The highest BCUT2D eigenvalue weighted by Gasteiger charge is 2.50. The Bertz CT molecular complexity index is 776. The van der Waals surface area contributed by atoms with Crippen molar-refractivity contribution in [2.45, 2.75) is 44.2 Å². The van der Waals surface area contributed by atoms with Crippen molar-refractivity contribution in [2.75, 3.05) is 14.2 Å². The van der Waals surface area contributed by atoms with Crippen molar-refractivity contribution < 1.29 is 9.53 Å². The molecule has 0 amide bonds. The molecule has 2 fully saturated rings. The summed E-state index contributed by atoms with van der Waals surface area (Å²) >= 11 is 0. The van der Waals surface area contributed by atoms with Crippen molar-refractivity contribution in [2.24, 2.45) is 17.8 Å². The van der Waals surface area contributed by atoms with Crippen LogP contribution in [-0.4, -0.2) is 37.1 Å². The fourth-order valence-corrected chi connectivity index (χ4v) is 5.71. The van der Waals surface area contributed by atoms with Gasteiger partial charge in [0.15, 0.2) is 0 Å². The standard InChI is InChI=1S/C25H31NO2/c1-26-23-15-20(13-18-9-5-3-6-10-18)22(17-25(27)28-2)24(26)16-21(23)14-19-11-7-4-8-12-19/h3-12,20-24H,13-17H2,1-2H3/t20-,21-,22-,23?,24?/m0/s1. The molecule has 28 heavy (non-hydrogen) atoms. The largest absolute Gasteiger partial charge is 0.469 e. The van der Waals surface area contributed by atoms with E-state index in [9.17, 15) is 4.79 Å². The van der Waals surface area contributed by atoms with Gasteiger partial charge in [0.25, 0.3) is 0 Å². The molecular formula is C25H31NO2. The fourth-order valence-electron chi connectivity index (χ4n) is 5.71. The van der Waals surface area contributed by atoms with Gasteiger partial charge >= 0.3 is 5.97 Å². The van der Waals surface area contributed by atoms with Crippen molar-refractivity contribution in [1.82, 2.24) is 4.90 Å². The van der Waals surface area contributed by atoms with Crippen molar-refractivity contribution in [1.29, 1.82) is 0 Å². The smallest absolute Gasteiger partial charge is 0.305 e. The second kappa shape index (κ2) is 8.48. The number of hydrogen-bond acceptors (Lipinski definition) is 3. The van der Waals surface area contributed by atoms with Crippen LogP contribution in [0.3, 0.4) is 0 Å². The zero-order chi connectivity index (χ0) is 19.5. The minimum Gasteiger partial charge on any atom is -0.469 e. The summed E-state index contributed by atoms with van der Waals surface area (Å²) in [4.78, 5) is 14.8. The molecule has 2 aromatic rings. The molecule has 2 aliphatic rings. The van der Waals surface area contributed by atoms with Crippen LogP contribution < -0.4 is 0 Å². The molecule has 0 spiro atoms. The quantitative estimate of drug-likeness (QED) is 0.701. The molecule has 2 aromatic carbocycles. The first kappa shape index (κ1) is 19.2. The van der Waals surface area contributed by atoms with E-state index in [0.717, 1.165) is 12.8 Å². The molecule has 2 bridgehead atoms. The van der Waals surface area contributed by atoms with Crippen LogP contribution in [-0.2, 0) is 22.4 Å². The Balaban J connectivity index is 1.55. The molecule has 0 radical (unpaired) electrons. The second-order valence-corrected chi connectivity index (χ2v) is 8.62. The highest BCUT2D eigenvalue weighted by atomic mass is 16.5. The summed E-state index contributed by atoms with van der Waals surface area (Å²) in [6.45, 7) is 0. The van der Waals surface area contributed by atoms with E-state index in [1.807, 2.05) is 0 Å². The zero-order valence-corrected chi connectivity index (χ0v) is 17.0. The lowest BCUT2D eigenvalue weighted by Crippen LogP contribution is -2.48. The first-order valence-electron chi connectivity index (χ1n) is 10.5. The van der Waals surface area contributed by atoms with Gasteiger partial charge < -0.3 is 4.74 Å². The maximum Gasteiger partial charge on any atom is 0.305 e. The predicted molar refractivity (Wildman–Crippen MR) is 112 cm³/mol. The maximum absolute atomic E-state index is 12.2. The lowest BCUT2D eigenvalue weighted by molar-refractivity contribution is -0.143. The summed E-state index contributed by atoms with van der Waals surface area (Å²) in [6, 6.07) is 22.7. The third kappa shape index (κ3) is 4.00. The van der Waals surface area contributed by atoms with Crippen molar-refractivity contribution >= 4 is 5.97 Å². The summed E-state index contributed by atoms with van der Waals surface area (Å²) in [5, 5.41) is 0. The third-order valence-electron chi connectivity index (χ3n) is 7.09. The van der Waals surface area contributed by atoms with Gasteiger partial charge in [0.1, 0.15) is 0 Å². The average molecular weight is 378 g/mol. The number of rotatable bonds is 6. The number of carbonyl (C=O) groups excluding carboxylic acids is 1.